The van der Waals surface area contributed by atoms with E-state index in [1.807, 2.05) is 75.9 Å². The molecule has 30 heteroatoms. The lowest BCUT2D eigenvalue weighted by atomic mass is 9.68. The zero-order valence-electron chi connectivity index (χ0n) is 69.7. The first-order valence-electron chi connectivity index (χ1n) is 45.1. The first kappa shape index (κ1) is 84.8. The number of nitrogens with zero attached hydrogens (tertiary/aromatic N) is 12. The summed E-state index contributed by atoms with van der Waals surface area (Å²) >= 11 is 0. The highest BCUT2D eigenvalue weighted by Crippen LogP contribution is 2.52. The van der Waals surface area contributed by atoms with Gasteiger partial charge in [-0.1, -0.05) is 135 Å². The number of carbonyl (C=O) groups excluding carboxylic acids is 3. The number of amides is 3. The molecule has 6 aliphatic heterocycles. The van der Waals surface area contributed by atoms with Crippen LogP contribution in [0, 0.1) is 35.5 Å². The zero-order valence-corrected chi connectivity index (χ0v) is 69.7. The molecule has 0 spiro atoms. The highest BCUT2D eigenvalue weighted by molar-refractivity contribution is 6.44. The van der Waals surface area contributed by atoms with Crippen LogP contribution in [-0.2, 0) is 43.3 Å². The minimum absolute atomic E-state index is 0.0149. The van der Waals surface area contributed by atoms with Gasteiger partial charge in [-0.25, -0.2) is 29.3 Å². The summed E-state index contributed by atoms with van der Waals surface area (Å²) in [4.78, 5) is 149. The Kier molecular flexibility index (Phi) is 26.6. The van der Waals surface area contributed by atoms with Gasteiger partial charge in [0.05, 0.1) is 33.1 Å². The third kappa shape index (κ3) is 18.9. The molecule has 12 aliphatic rings. The number of benzene rings is 3. The number of carbonyl (C=O) groups is 6. The van der Waals surface area contributed by atoms with E-state index in [-0.39, 0.29) is 65.0 Å². The van der Waals surface area contributed by atoms with E-state index >= 15 is 0 Å². The van der Waals surface area contributed by atoms with Crippen molar-refractivity contribution >= 4 is 85.9 Å². The molecular formula is C91H119N15O15. The highest BCUT2D eigenvalue weighted by atomic mass is 16.6. The summed E-state index contributed by atoms with van der Waals surface area (Å²) in [6.07, 6.45) is 41.8. The number of likely N-dealkylation sites (N-methyl/N-ethyl adjacent to an activating group) is 1. The summed E-state index contributed by atoms with van der Waals surface area (Å²) in [5.41, 5.74) is 12.1. The molecule has 8 N–H and O–H groups in total. The van der Waals surface area contributed by atoms with E-state index in [0.29, 0.717) is 76.4 Å². The molecule has 6 unspecified atom stereocenters. The second kappa shape index (κ2) is 37.9. The van der Waals surface area contributed by atoms with Gasteiger partial charge in [-0.3, -0.25) is 43.5 Å². The van der Waals surface area contributed by atoms with Crippen molar-refractivity contribution in [1.29, 1.82) is 0 Å². The number of hydrogen-bond donors (Lipinski definition) is 6. The minimum atomic E-state index is -1.46. The molecule has 12 bridgehead atoms. The number of rotatable bonds is 23. The fourth-order valence-corrected chi connectivity index (χ4v) is 25.0. The van der Waals surface area contributed by atoms with E-state index in [2.05, 4.69) is 50.4 Å². The summed E-state index contributed by atoms with van der Waals surface area (Å²) < 4.78 is 5.48. The molecule has 121 heavy (non-hydrogen) atoms. The maximum absolute atomic E-state index is 14.2. The van der Waals surface area contributed by atoms with Crippen LogP contribution in [-0.4, -0.2) is 193 Å². The molecule has 648 valence electrons. The lowest BCUT2D eigenvalue weighted by Crippen LogP contribution is -2.58. The van der Waals surface area contributed by atoms with Crippen LogP contribution in [0.15, 0.2) is 103 Å². The predicted octanol–water partition coefficient (Wildman–Crippen LogP) is 11.1. The van der Waals surface area contributed by atoms with Crippen molar-refractivity contribution in [3.05, 3.63) is 121 Å². The number of aromatic nitrogens is 6. The number of fused-ring (bicyclic) bond motifs is 15. The smallest absolute Gasteiger partial charge is 0.360 e. The molecule has 3 aromatic heterocycles. The van der Waals surface area contributed by atoms with Gasteiger partial charge in [0.15, 0.2) is 29.4 Å². The van der Waals surface area contributed by atoms with Crippen molar-refractivity contribution in [2.45, 2.75) is 304 Å². The maximum atomic E-state index is 14.2. The Morgan fingerprint density at radius 2 is 0.686 bits per heavy atom. The van der Waals surface area contributed by atoms with Gasteiger partial charge in [0.1, 0.15) is 5.71 Å². The second-order valence-electron chi connectivity index (χ2n) is 37.1. The first-order chi connectivity index (χ1) is 58.7. The highest BCUT2D eigenvalue weighted by Gasteiger charge is 2.50. The van der Waals surface area contributed by atoms with E-state index in [4.69, 9.17) is 36.2 Å². The van der Waals surface area contributed by atoms with E-state index in [9.17, 15) is 48.3 Å². The van der Waals surface area contributed by atoms with Crippen molar-refractivity contribution < 1.29 is 58.6 Å². The number of primary amides is 2. The molecule has 6 saturated heterocycles. The number of carboxylic acid groups (broad SMARTS) is 3. The van der Waals surface area contributed by atoms with E-state index in [1.54, 1.807) is 10.6 Å². The molecule has 12 fully saturated rings. The van der Waals surface area contributed by atoms with E-state index in [0.717, 1.165) is 124 Å². The van der Waals surface area contributed by atoms with Gasteiger partial charge >= 0.3 is 17.9 Å². The molecule has 3 aromatic carbocycles. The molecule has 30 nitrogen and oxygen atoms in total. The topological polar surface area (TPSA) is 406 Å². The molecule has 6 aliphatic carbocycles. The zero-order chi connectivity index (χ0) is 84.1. The van der Waals surface area contributed by atoms with Gasteiger partial charge in [-0.05, 0) is 207 Å². The van der Waals surface area contributed by atoms with Crippen molar-refractivity contribution in [3.63, 3.8) is 0 Å². The molecule has 6 saturated carbocycles. The average molecular weight is 1660 g/mol. The van der Waals surface area contributed by atoms with Gasteiger partial charge in [-0.15, -0.1) is 0 Å². The molecular weight excluding hydrogens is 1540 g/mol. The number of nitrogens with one attached hydrogen (secondary N) is 1. The van der Waals surface area contributed by atoms with Crippen molar-refractivity contribution in [2.24, 2.45) is 62.4 Å². The van der Waals surface area contributed by atoms with E-state index < -0.39 is 72.3 Å². The largest absolute Gasteiger partial charge is 0.479 e. The lowest BCUT2D eigenvalue weighted by molar-refractivity contribution is -0.143. The van der Waals surface area contributed by atoms with Gasteiger partial charge in [0, 0.05) is 92.4 Å². The van der Waals surface area contributed by atoms with Crippen molar-refractivity contribution in [1.82, 2.24) is 48.7 Å². The third-order valence-electron chi connectivity index (χ3n) is 29.4. The monoisotopic (exact) mass is 1660 g/mol. The van der Waals surface area contributed by atoms with Crippen molar-refractivity contribution in [3.8, 4) is 0 Å². The van der Waals surface area contributed by atoms with Gasteiger partial charge in [0.25, 0.3) is 28.5 Å². The average Bonchev–Trinajstić information content (AvgIpc) is 1.09. The summed E-state index contributed by atoms with van der Waals surface area (Å²) in [6, 6.07) is 26.9. The van der Waals surface area contributed by atoms with Crippen LogP contribution in [0.2, 0.25) is 0 Å². The number of para-hydroxylation sites is 6. The van der Waals surface area contributed by atoms with Gasteiger partial charge in [-0.2, -0.15) is 0 Å². The van der Waals surface area contributed by atoms with Crippen LogP contribution in [0.25, 0.3) is 33.1 Å². The van der Waals surface area contributed by atoms with Crippen molar-refractivity contribution in [2.75, 3.05) is 26.9 Å². The Bertz CT molecular complexity index is 5040. The molecule has 3 amide bonds. The fraction of sp³-hybridized carbons (Fsp3) is 0.637. The predicted molar refractivity (Wildman–Crippen MR) is 455 cm³/mol. The number of piperidine rings is 6. The van der Waals surface area contributed by atoms with Crippen LogP contribution in [0.4, 0.5) is 0 Å². The van der Waals surface area contributed by atoms with Crippen LogP contribution in [0.1, 0.15) is 266 Å². The van der Waals surface area contributed by atoms with Crippen LogP contribution in [0.5, 0.6) is 0 Å². The third-order valence-corrected chi connectivity index (χ3v) is 29.4. The van der Waals surface area contributed by atoms with Crippen LogP contribution >= 0.6 is 0 Å². The number of carboxylic acids is 3. The van der Waals surface area contributed by atoms with Gasteiger partial charge < -0.3 is 60.3 Å². The molecule has 18 atom stereocenters. The van der Waals surface area contributed by atoms with Gasteiger partial charge in [0.2, 0.25) is 24.8 Å². The summed E-state index contributed by atoms with van der Waals surface area (Å²) in [7, 11) is 1.42. The maximum Gasteiger partial charge on any atom is 0.360 e. The standard InChI is InChI=1S/C31H41N5O5.2C30H39N5O5/c32-28(37)12-11-26(34-41-18-29(38)39)30-31(40)36(27-10-2-1-9-25(27)33-30)24-16-21-7-4-8-22(17-24)35(21)23-14-19-5-3-6-20(13-19)15-23;1-31-29(38)27(33-40-17-26(36)37)28-30(39)35(25-11-3-2-10-24(25)32-28)23-15-20-8-5-9-21(16-23)34(20)22-13-18-6-4-7-19(12-18)14-22;31-26(36)17-40-33-28(30(38)39)27-29(37)35(25-11-4-3-10-24(25)32-27)23-15-20-8-5-9-21(16-23)34(20)22-13-18-6-1-2-7-19(12-18)14-22/h1-2,9-10,19-24H,3-8,11-18H2,(H2,32,37)(H,38,39);2-3,10-11,18-23H,4-9,12-17H2,1H3,(H,31,38)(H,36,37);3-4,10-11,18-23H,1-2,5-9,12-17H2,(H2,31,36)(H,38,39)/b34-26+;33-27-;33-28-/t19-,20+,21-,22+,23?,24?;2*18-,19+,20-,21+,22?,23?. The molecule has 18 rings (SSSR count). The fourth-order valence-electron chi connectivity index (χ4n) is 25.0. The molecule has 6 aromatic rings. The number of hydrogen-bond acceptors (Lipinski definition) is 21. The van der Waals surface area contributed by atoms with Crippen LogP contribution in [0.3, 0.4) is 0 Å². The number of oxime groups is 3. The minimum Gasteiger partial charge on any atom is -0.479 e. The Morgan fingerprint density at radius 1 is 0.372 bits per heavy atom. The summed E-state index contributed by atoms with van der Waals surface area (Å²) in [5, 5.41) is 41.6. The molecule has 9 heterocycles. The second-order valence-corrected chi connectivity index (χ2v) is 37.1. The summed E-state index contributed by atoms with van der Waals surface area (Å²) in [6.45, 7) is -1.98. The Morgan fingerprint density at radius 3 is 1.03 bits per heavy atom. The Labute approximate surface area is 703 Å². The lowest BCUT2D eigenvalue weighted by Gasteiger charge is -2.55. The Hall–Kier alpha value is -9.81. The summed E-state index contributed by atoms with van der Waals surface area (Å²) in [5.74, 6) is -0.690. The van der Waals surface area contributed by atoms with E-state index in [1.165, 1.54) is 148 Å². The Balaban J connectivity index is 0.000000135. The normalized spacial score (nSPS) is 30.6. The quantitative estimate of drug-likeness (QED) is 0.0256. The number of aliphatic carboxylic acids is 3. The first-order valence-corrected chi connectivity index (χ1v) is 45.1. The van der Waals surface area contributed by atoms with Crippen LogP contribution < -0.4 is 33.5 Å². The number of nitrogens with two attached hydrogens (primary N) is 2. The SMILES string of the molecule is CNC(=O)/C(=N\OCC(=O)O)c1nc2ccccc2n(C2C[C@H]3CCC[C@@H](C2)N3C2C[C@H]3CCC[C@@H](C2)C3)c1=O.NC(=O)CC/C(=N\OCC(=O)O)c1nc2ccccc2n(C2C[C@H]3CCC[C@@H](C2)N3C2C[C@H]3CCC[C@@H](C2)C3)c1=O.NC(=O)CO/N=C(\C(=O)O)c1nc2ccccc2n(C2C[C@H]3CCC[C@@H](C2)N3C2C[C@H]3CCCC[C@@H](C2)C3)c1=O. The molecule has 0 radical (unpaired) electrons.